The van der Waals surface area contributed by atoms with Crippen molar-refractivity contribution in [3.05, 3.63) is 142 Å². The fourth-order valence-electron chi connectivity index (χ4n) is 5.83. The first-order valence-electron chi connectivity index (χ1n) is 15.9. The van der Waals surface area contributed by atoms with Crippen LogP contribution in [0.15, 0.2) is 120 Å². The summed E-state index contributed by atoms with van der Waals surface area (Å²) in [4.78, 5) is 42.0. The molecule has 2 unspecified atom stereocenters. The number of ether oxygens (including phenoxy) is 2. The van der Waals surface area contributed by atoms with Gasteiger partial charge in [0.1, 0.15) is 16.0 Å². The first-order valence-corrected chi connectivity index (χ1v) is 17.6. The Hall–Kier alpha value is -4.86. The van der Waals surface area contributed by atoms with Gasteiger partial charge in [-0.2, -0.15) is 0 Å². The molecule has 0 fully saturated rings. The van der Waals surface area contributed by atoms with Gasteiger partial charge in [0.05, 0.1) is 12.2 Å². The lowest BCUT2D eigenvalue weighted by molar-refractivity contribution is -0.118. The molecule has 244 valence electrons. The summed E-state index contributed by atoms with van der Waals surface area (Å²) in [5.74, 6) is 0.0114. The standard InChI is InChI=1S/C39H36N2O5S2/c1-2-45-39(44)35-32-22-21-28(26-13-6-3-7-14-26)23-33(32)48-38(35)41-37(43)36(27-15-8-4-9-16-27)47-31-20-12-17-29(24-31)40-34(42)25-46-30-18-10-5-11-19-30/h3-20,24,28,36H,2,21-23,25H2,1H3,(H,40,42)(H,41,43). The third-order valence-electron chi connectivity index (χ3n) is 8.08. The molecule has 0 bridgehead atoms. The number of rotatable bonds is 12. The van der Waals surface area contributed by atoms with Crippen molar-refractivity contribution in [1.29, 1.82) is 0 Å². The van der Waals surface area contributed by atoms with Gasteiger partial charge in [-0.15, -0.1) is 23.1 Å². The summed E-state index contributed by atoms with van der Waals surface area (Å²) in [5, 5.41) is 5.90. The minimum Gasteiger partial charge on any atom is -0.484 e. The maximum absolute atomic E-state index is 14.2. The zero-order valence-electron chi connectivity index (χ0n) is 26.5. The fourth-order valence-corrected chi connectivity index (χ4v) is 8.23. The Balaban J connectivity index is 1.22. The molecule has 0 radical (unpaired) electrons. The number of thioether (sulfide) groups is 1. The third-order valence-corrected chi connectivity index (χ3v) is 10.5. The topological polar surface area (TPSA) is 93.7 Å². The summed E-state index contributed by atoms with van der Waals surface area (Å²) in [5.41, 5.74) is 4.13. The molecule has 9 heteroatoms. The molecule has 2 N–H and O–H groups in total. The van der Waals surface area contributed by atoms with Crippen LogP contribution in [-0.2, 0) is 27.2 Å². The molecular formula is C39H36N2O5S2. The second kappa shape index (κ2) is 15.8. The number of thiophene rings is 1. The van der Waals surface area contributed by atoms with Gasteiger partial charge in [-0.1, -0.05) is 84.9 Å². The lowest BCUT2D eigenvalue weighted by Crippen LogP contribution is -2.21. The molecule has 48 heavy (non-hydrogen) atoms. The molecule has 2 amide bonds. The van der Waals surface area contributed by atoms with Gasteiger partial charge in [0.2, 0.25) is 5.91 Å². The molecule has 4 aromatic carbocycles. The number of hydrogen-bond donors (Lipinski definition) is 2. The summed E-state index contributed by atoms with van der Waals surface area (Å²) in [6, 6.07) is 36.5. The number of carbonyl (C=O) groups excluding carboxylic acids is 3. The quantitative estimate of drug-likeness (QED) is 0.101. The first-order chi connectivity index (χ1) is 23.5. The minimum absolute atomic E-state index is 0.129. The number of fused-ring (bicyclic) bond motifs is 1. The highest BCUT2D eigenvalue weighted by atomic mass is 32.2. The van der Waals surface area contributed by atoms with E-state index < -0.39 is 11.2 Å². The van der Waals surface area contributed by atoms with Gasteiger partial charge >= 0.3 is 5.97 Å². The molecule has 5 aromatic rings. The molecule has 2 atom stereocenters. The van der Waals surface area contributed by atoms with E-state index in [0.717, 1.165) is 40.2 Å². The van der Waals surface area contributed by atoms with Crippen LogP contribution in [0.5, 0.6) is 5.75 Å². The molecule has 1 heterocycles. The average Bonchev–Trinajstić information content (AvgIpc) is 3.48. The summed E-state index contributed by atoms with van der Waals surface area (Å²) < 4.78 is 11.1. The van der Waals surface area contributed by atoms with E-state index in [9.17, 15) is 14.4 Å². The molecule has 1 aliphatic carbocycles. The highest BCUT2D eigenvalue weighted by Crippen LogP contribution is 2.44. The lowest BCUT2D eigenvalue weighted by Gasteiger charge is -2.23. The largest absolute Gasteiger partial charge is 0.484 e. The van der Waals surface area contributed by atoms with E-state index in [0.29, 0.717) is 27.9 Å². The van der Waals surface area contributed by atoms with Crippen LogP contribution >= 0.6 is 23.1 Å². The molecule has 0 saturated heterocycles. The Morgan fingerprint density at radius 1 is 0.875 bits per heavy atom. The van der Waals surface area contributed by atoms with Gasteiger partial charge in [-0.25, -0.2) is 4.79 Å². The molecule has 0 spiro atoms. The number of para-hydroxylation sites is 1. The molecule has 0 saturated carbocycles. The SMILES string of the molecule is CCOC(=O)c1c(NC(=O)C(Sc2cccc(NC(=O)COc3ccccc3)c2)c2ccccc2)sc2c1CCC(c1ccccc1)C2. The fraction of sp³-hybridized carbons (Fsp3) is 0.205. The second-order valence-electron chi connectivity index (χ2n) is 11.4. The molecule has 6 rings (SSSR count). The summed E-state index contributed by atoms with van der Waals surface area (Å²) in [6.07, 6.45) is 2.46. The van der Waals surface area contributed by atoms with Crippen LogP contribution in [0.1, 0.15) is 56.4 Å². The molecule has 7 nitrogen and oxygen atoms in total. The zero-order valence-corrected chi connectivity index (χ0v) is 28.2. The van der Waals surface area contributed by atoms with Crippen LogP contribution in [0.4, 0.5) is 10.7 Å². The van der Waals surface area contributed by atoms with Crippen molar-refractivity contribution in [1.82, 2.24) is 0 Å². The summed E-state index contributed by atoms with van der Waals surface area (Å²) in [7, 11) is 0. The number of carbonyl (C=O) groups is 3. The monoisotopic (exact) mass is 676 g/mol. The summed E-state index contributed by atoms with van der Waals surface area (Å²) >= 11 is 2.84. The van der Waals surface area contributed by atoms with Gasteiger partial charge in [0.25, 0.3) is 5.91 Å². The Morgan fingerprint density at radius 3 is 2.31 bits per heavy atom. The van der Waals surface area contributed by atoms with E-state index in [1.54, 1.807) is 25.1 Å². The highest BCUT2D eigenvalue weighted by molar-refractivity contribution is 8.00. The Labute approximate surface area is 288 Å². The maximum Gasteiger partial charge on any atom is 0.341 e. The van der Waals surface area contributed by atoms with Crippen LogP contribution in [0.2, 0.25) is 0 Å². The molecule has 1 aromatic heterocycles. The number of hydrogen-bond acceptors (Lipinski definition) is 7. The zero-order chi connectivity index (χ0) is 33.3. The van der Waals surface area contributed by atoms with E-state index >= 15 is 0 Å². The van der Waals surface area contributed by atoms with Crippen LogP contribution in [-0.4, -0.2) is 31.0 Å². The van der Waals surface area contributed by atoms with Crippen LogP contribution < -0.4 is 15.4 Å². The minimum atomic E-state index is -0.634. The van der Waals surface area contributed by atoms with Crippen molar-refractivity contribution >= 4 is 51.6 Å². The van der Waals surface area contributed by atoms with Crippen molar-refractivity contribution in [2.45, 2.75) is 42.2 Å². The Morgan fingerprint density at radius 2 is 1.58 bits per heavy atom. The second-order valence-corrected chi connectivity index (χ2v) is 13.6. The van der Waals surface area contributed by atoms with Crippen molar-refractivity contribution in [2.75, 3.05) is 23.8 Å². The highest BCUT2D eigenvalue weighted by Gasteiger charge is 2.32. The van der Waals surface area contributed by atoms with Gasteiger partial charge in [-0.05, 0) is 79.1 Å². The number of anilines is 2. The van der Waals surface area contributed by atoms with Crippen molar-refractivity contribution in [3.8, 4) is 5.75 Å². The predicted octanol–water partition coefficient (Wildman–Crippen LogP) is 8.69. The molecule has 1 aliphatic rings. The first kappa shape index (κ1) is 33.1. The smallest absolute Gasteiger partial charge is 0.341 e. The Kier molecular flexibility index (Phi) is 10.9. The molecule has 0 aliphatic heterocycles. The number of benzene rings is 4. The van der Waals surface area contributed by atoms with E-state index in [1.165, 1.54) is 28.7 Å². The molecular weight excluding hydrogens is 641 g/mol. The van der Waals surface area contributed by atoms with Crippen LogP contribution in [0.3, 0.4) is 0 Å². The number of esters is 1. The van der Waals surface area contributed by atoms with E-state index in [1.807, 2.05) is 72.8 Å². The third kappa shape index (κ3) is 8.16. The predicted molar refractivity (Wildman–Crippen MR) is 192 cm³/mol. The van der Waals surface area contributed by atoms with Gasteiger partial charge in [-0.3, -0.25) is 9.59 Å². The van der Waals surface area contributed by atoms with E-state index in [-0.39, 0.29) is 25.0 Å². The van der Waals surface area contributed by atoms with Gasteiger partial charge in [0, 0.05) is 15.5 Å². The van der Waals surface area contributed by atoms with Crippen molar-refractivity contribution < 1.29 is 23.9 Å². The Bertz CT molecular complexity index is 1860. The maximum atomic E-state index is 14.2. The summed E-state index contributed by atoms with van der Waals surface area (Å²) in [6.45, 7) is 1.91. The normalized spacial score (nSPS) is 14.3. The van der Waals surface area contributed by atoms with Crippen LogP contribution in [0, 0.1) is 0 Å². The number of nitrogens with one attached hydrogen (secondary N) is 2. The van der Waals surface area contributed by atoms with E-state index in [2.05, 4.69) is 34.9 Å². The van der Waals surface area contributed by atoms with Crippen LogP contribution in [0.25, 0.3) is 0 Å². The lowest BCUT2D eigenvalue weighted by atomic mass is 9.83. The van der Waals surface area contributed by atoms with Gasteiger partial charge in [0.15, 0.2) is 6.61 Å². The number of amides is 2. The van der Waals surface area contributed by atoms with Crippen molar-refractivity contribution in [3.63, 3.8) is 0 Å². The average molecular weight is 677 g/mol. The van der Waals surface area contributed by atoms with Crippen molar-refractivity contribution in [2.24, 2.45) is 0 Å². The van der Waals surface area contributed by atoms with E-state index in [4.69, 9.17) is 9.47 Å². The van der Waals surface area contributed by atoms with Gasteiger partial charge < -0.3 is 20.1 Å².